The highest BCUT2D eigenvalue weighted by Crippen LogP contribution is 2.09. The van der Waals surface area contributed by atoms with E-state index >= 15 is 0 Å². The summed E-state index contributed by atoms with van der Waals surface area (Å²) in [5.74, 6) is 0. The number of hydrogen-bond acceptors (Lipinski definition) is 3. The van der Waals surface area contributed by atoms with E-state index in [0.717, 1.165) is 24.2 Å². The second kappa shape index (κ2) is 3.91. The normalized spacial score (nSPS) is 16.0. The van der Waals surface area contributed by atoms with Gasteiger partial charge in [-0.15, -0.1) is 0 Å². The Morgan fingerprint density at radius 2 is 2.43 bits per heavy atom. The van der Waals surface area contributed by atoms with Crippen LogP contribution in [0.4, 0.5) is 0 Å². The maximum Gasteiger partial charge on any atom is 0.137 e. The molecule has 0 saturated carbocycles. The standard InChI is InChI=1S/C10H12N4/c11-10-4-2-1-3-9(5-10)6-14-8-12-7-13-14/h2-5,7-8H,1,6,11H2. The molecule has 4 heteroatoms. The highest BCUT2D eigenvalue weighted by Gasteiger charge is 1.99. The third kappa shape index (κ3) is 2.10. The molecule has 1 aromatic heterocycles. The van der Waals surface area contributed by atoms with Crippen LogP contribution in [0.5, 0.6) is 0 Å². The van der Waals surface area contributed by atoms with E-state index in [9.17, 15) is 0 Å². The molecule has 0 unspecified atom stereocenters. The summed E-state index contributed by atoms with van der Waals surface area (Å²) in [7, 11) is 0. The van der Waals surface area contributed by atoms with Crippen LogP contribution >= 0.6 is 0 Å². The van der Waals surface area contributed by atoms with Crippen LogP contribution in [-0.2, 0) is 6.54 Å². The predicted molar refractivity (Wildman–Crippen MR) is 54.1 cm³/mol. The number of nitrogens with two attached hydrogens (primary N) is 1. The van der Waals surface area contributed by atoms with Gasteiger partial charge in [0.05, 0.1) is 6.54 Å². The molecule has 1 heterocycles. The molecule has 0 saturated heterocycles. The fraction of sp³-hybridized carbons (Fsp3) is 0.200. The van der Waals surface area contributed by atoms with Crippen molar-refractivity contribution < 1.29 is 0 Å². The number of rotatable bonds is 2. The van der Waals surface area contributed by atoms with E-state index < -0.39 is 0 Å². The van der Waals surface area contributed by atoms with E-state index in [2.05, 4.69) is 16.2 Å². The first kappa shape index (κ1) is 8.74. The van der Waals surface area contributed by atoms with Crippen LogP contribution in [0.25, 0.3) is 0 Å². The lowest BCUT2D eigenvalue weighted by molar-refractivity contribution is 0.682. The summed E-state index contributed by atoms with van der Waals surface area (Å²) in [5, 5.41) is 4.04. The molecule has 0 radical (unpaired) electrons. The Morgan fingerprint density at radius 1 is 1.50 bits per heavy atom. The van der Waals surface area contributed by atoms with E-state index in [1.807, 2.05) is 18.2 Å². The molecule has 0 atom stereocenters. The molecule has 0 aliphatic heterocycles. The maximum atomic E-state index is 5.74. The molecule has 2 N–H and O–H groups in total. The first-order chi connectivity index (χ1) is 6.84. The van der Waals surface area contributed by atoms with Crippen LogP contribution < -0.4 is 5.73 Å². The van der Waals surface area contributed by atoms with Crippen LogP contribution in [0.3, 0.4) is 0 Å². The van der Waals surface area contributed by atoms with E-state index in [1.165, 1.54) is 6.33 Å². The van der Waals surface area contributed by atoms with Crippen LogP contribution in [0.1, 0.15) is 6.42 Å². The molecular formula is C10H12N4. The first-order valence-corrected chi connectivity index (χ1v) is 4.50. The third-order valence-electron chi connectivity index (χ3n) is 1.99. The topological polar surface area (TPSA) is 56.7 Å². The molecule has 2 rings (SSSR count). The van der Waals surface area contributed by atoms with Crippen molar-refractivity contribution >= 4 is 0 Å². The zero-order valence-electron chi connectivity index (χ0n) is 7.80. The van der Waals surface area contributed by atoms with Gasteiger partial charge in [-0.05, 0) is 24.1 Å². The zero-order valence-corrected chi connectivity index (χ0v) is 7.80. The molecule has 0 bridgehead atoms. The quantitative estimate of drug-likeness (QED) is 0.753. The van der Waals surface area contributed by atoms with Gasteiger partial charge >= 0.3 is 0 Å². The number of allylic oxidation sites excluding steroid dienone is 5. The zero-order chi connectivity index (χ0) is 9.80. The molecule has 0 spiro atoms. The summed E-state index contributed by atoms with van der Waals surface area (Å²) in [6, 6.07) is 0. The Balaban J connectivity index is 2.12. The van der Waals surface area contributed by atoms with Gasteiger partial charge in [-0.25, -0.2) is 9.67 Å². The molecule has 4 nitrogen and oxygen atoms in total. The lowest BCUT2D eigenvalue weighted by Crippen LogP contribution is -2.01. The lowest BCUT2D eigenvalue weighted by atomic mass is 10.2. The Morgan fingerprint density at radius 3 is 3.21 bits per heavy atom. The van der Waals surface area contributed by atoms with Gasteiger partial charge in [-0.3, -0.25) is 0 Å². The summed E-state index contributed by atoms with van der Waals surface area (Å²) < 4.78 is 1.78. The predicted octanol–water partition coefficient (Wildman–Crippen LogP) is 1.01. The van der Waals surface area contributed by atoms with Crippen molar-refractivity contribution in [2.24, 2.45) is 5.73 Å². The summed E-state index contributed by atoms with van der Waals surface area (Å²) in [4.78, 5) is 3.89. The van der Waals surface area contributed by atoms with E-state index in [1.54, 1.807) is 11.0 Å². The minimum absolute atomic E-state index is 0.725. The molecule has 1 aliphatic carbocycles. The number of hydrogen-bond donors (Lipinski definition) is 1. The van der Waals surface area contributed by atoms with Crippen LogP contribution in [0.15, 0.2) is 48.2 Å². The van der Waals surface area contributed by atoms with Gasteiger partial charge in [0.25, 0.3) is 0 Å². The molecule has 0 aromatic carbocycles. The first-order valence-electron chi connectivity index (χ1n) is 4.50. The highest BCUT2D eigenvalue weighted by molar-refractivity contribution is 5.31. The number of aromatic nitrogens is 3. The minimum atomic E-state index is 0.725. The Kier molecular flexibility index (Phi) is 2.44. The van der Waals surface area contributed by atoms with E-state index in [-0.39, 0.29) is 0 Å². The van der Waals surface area contributed by atoms with Gasteiger partial charge in [0.1, 0.15) is 12.7 Å². The van der Waals surface area contributed by atoms with Crippen molar-refractivity contribution in [1.82, 2.24) is 14.8 Å². The molecule has 0 fully saturated rings. The van der Waals surface area contributed by atoms with Gasteiger partial charge in [-0.2, -0.15) is 5.10 Å². The van der Waals surface area contributed by atoms with Crippen molar-refractivity contribution in [3.63, 3.8) is 0 Å². The monoisotopic (exact) mass is 188 g/mol. The molecule has 1 aliphatic rings. The van der Waals surface area contributed by atoms with E-state index in [4.69, 9.17) is 5.73 Å². The van der Waals surface area contributed by atoms with Crippen molar-refractivity contribution in [1.29, 1.82) is 0 Å². The van der Waals surface area contributed by atoms with E-state index in [0.29, 0.717) is 0 Å². The minimum Gasteiger partial charge on any atom is -0.399 e. The van der Waals surface area contributed by atoms with Crippen LogP contribution in [0.2, 0.25) is 0 Å². The summed E-state index contributed by atoms with van der Waals surface area (Å²) in [6.45, 7) is 0.725. The van der Waals surface area contributed by atoms with Crippen molar-refractivity contribution in [3.8, 4) is 0 Å². The Bertz CT molecular complexity index is 384. The van der Waals surface area contributed by atoms with Gasteiger partial charge in [-0.1, -0.05) is 12.2 Å². The van der Waals surface area contributed by atoms with Crippen molar-refractivity contribution in [2.45, 2.75) is 13.0 Å². The van der Waals surface area contributed by atoms with Gasteiger partial charge in [0, 0.05) is 5.70 Å². The summed E-state index contributed by atoms with van der Waals surface area (Å²) >= 11 is 0. The average molecular weight is 188 g/mol. The third-order valence-corrected chi connectivity index (χ3v) is 1.99. The highest BCUT2D eigenvalue weighted by atomic mass is 15.3. The fourth-order valence-electron chi connectivity index (χ4n) is 1.36. The maximum absolute atomic E-state index is 5.74. The molecular weight excluding hydrogens is 176 g/mol. The molecule has 0 amide bonds. The lowest BCUT2D eigenvalue weighted by Gasteiger charge is -2.01. The van der Waals surface area contributed by atoms with Crippen LogP contribution in [-0.4, -0.2) is 14.8 Å². The molecule has 1 aromatic rings. The smallest absolute Gasteiger partial charge is 0.137 e. The Labute approximate surface area is 82.4 Å². The van der Waals surface area contributed by atoms with Gasteiger partial charge < -0.3 is 5.73 Å². The van der Waals surface area contributed by atoms with Gasteiger partial charge in [0.15, 0.2) is 0 Å². The van der Waals surface area contributed by atoms with Crippen LogP contribution in [0, 0.1) is 0 Å². The largest absolute Gasteiger partial charge is 0.399 e. The van der Waals surface area contributed by atoms with Gasteiger partial charge in [0.2, 0.25) is 0 Å². The second-order valence-electron chi connectivity index (χ2n) is 3.15. The molecule has 72 valence electrons. The second-order valence-corrected chi connectivity index (χ2v) is 3.15. The summed E-state index contributed by atoms with van der Waals surface area (Å²) in [5.41, 5.74) is 7.69. The summed E-state index contributed by atoms with van der Waals surface area (Å²) in [6.07, 6.45) is 12.2. The Hall–Kier alpha value is -1.84. The SMILES string of the molecule is NC1=CC(Cn2cncn2)=CCC=C1. The average Bonchev–Trinajstić information content (AvgIpc) is 2.56. The number of nitrogens with zero attached hydrogens (tertiary/aromatic N) is 3. The fourth-order valence-corrected chi connectivity index (χ4v) is 1.36. The molecule has 14 heavy (non-hydrogen) atoms. The van der Waals surface area contributed by atoms with Crippen molar-refractivity contribution in [2.75, 3.05) is 0 Å². The van der Waals surface area contributed by atoms with Crippen molar-refractivity contribution in [3.05, 3.63) is 48.2 Å².